The van der Waals surface area contributed by atoms with Crippen molar-refractivity contribution in [3.8, 4) is 11.5 Å². The lowest BCUT2D eigenvalue weighted by atomic mass is 10.0. The number of methoxy groups -OCH3 is 1. The number of nitrogens with one attached hydrogen (secondary N) is 1. The van der Waals surface area contributed by atoms with E-state index in [-0.39, 0.29) is 15.7 Å². The van der Waals surface area contributed by atoms with Crippen LogP contribution in [0, 0.1) is 23.6 Å². The highest BCUT2D eigenvalue weighted by atomic mass is 35.5. The molecule has 1 aliphatic heterocycles. The van der Waals surface area contributed by atoms with Gasteiger partial charge in [-0.1, -0.05) is 23.2 Å². The second-order valence-electron chi connectivity index (χ2n) is 8.98. The number of benzene rings is 2. The lowest BCUT2D eigenvalue weighted by Crippen LogP contribution is -2.18. The zero-order chi connectivity index (χ0) is 23.1. The van der Waals surface area contributed by atoms with Gasteiger partial charge in [0.15, 0.2) is 17.3 Å². The predicted molar refractivity (Wildman–Crippen MR) is 128 cm³/mol. The fourth-order valence-corrected chi connectivity index (χ4v) is 5.50. The van der Waals surface area contributed by atoms with E-state index in [2.05, 4.69) is 27.2 Å². The Bertz CT molecular complexity index is 1180. The van der Waals surface area contributed by atoms with Gasteiger partial charge < -0.3 is 19.7 Å². The third-order valence-corrected chi connectivity index (χ3v) is 7.50. The third kappa shape index (κ3) is 4.42. The molecule has 1 saturated carbocycles. The van der Waals surface area contributed by atoms with Gasteiger partial charge in [-0.25, -0.2) is 14.4 Å². The van der Waals surface area contributed by atoms with Crippen molar-refractivity contribution < 1.29 is 13.9 Å². The van der Waals surface area contributed by atoms with Crippen LogP contribution in [0.25, 0.3) is 10.9 Å². The van der Waals surface area contributed by atoms with Gasteiger partial charge >= 0.3 is 0 Å². The molecule has 33 heavy (non-hydrogen) atoms. The molecule has 0 spiro atoms. The average molecular weight is 491 g/mol. The highest BCUT2D eigenvalue weighted by Gasteiger charge is 2.39. The Hall–Kier alpha value is -2.35. The summed E-state index contributed by atoms with van der Waals surface area (Å²) in [5, 5.41) is 3.66. The number of ether oxygens (including phenoxy) is 2. The lowest BCUT2D eigenvalue weighted by molar-refractivity contribution is 0.227. The molecule has 3 atom stereocenters. The second-order valence-corrected chi connectivity index (χ2v) is 9.77. The van der Waals surface area contributed by atoms with E-state index in [1.54, 1.807) is 13.2 Å². The average Bonchev–Trinajstić information content (AvgIpc) is 3.34. The zero-order valence-electron chi connectivity index (χ0n) is 18.4. The summed E-state index contributed by atoms with van der Waals surface area (Å²) >= 11 is 11.8. The Morgan fingerprint density at radius 3 is 2.61 bits per heavy atom. The number of hydrogen-bond donors (Lipinski definition) is 1. The maximum atomic E-state index is 14.5. The van der Waals surface area contributed by atoms with Crippen LogP contribution in [-0.4, -0.2) is 48.7 Å². The number of likely N-dealkylation sites (tertiary alicyclic amines) is 1. The first-order valence-electron chi connectivity index (χ1n) is 11.0. The Kier molecular flexibility index (Phi) is 6.20. The number of rotatable bonds is 6. The van der Waals surface area contributed by atoms with Crippen LogP contribution in [0.5, 0.6) is 11.5 Å². The molecule has 1 N–H and O–H groups in total. The molecule has 1 aliphatic carbocycles. The lowest BCUT2D eigenvalue weighted by Gasteiger charge is -2.17. The van der Waals surface area contributed by atoms with Crippen LogP contribution in [0.15, 0.2) is 30.6 Å². The zero-order valence-corrected chi connectivity index (χ0v) is 20.0. The number of halogens is 3. The molecule has 1 saturated heterocycles. The number of anilines is 2. The van der Waals surface area contributed by atoms with Gasteiger partial charge in [-0.05, 0) is 55.8 Å². The summed E-state index contributed by atoms with van der Waals surface area (Å²) in [4.78, 5) is 11.1. The highest BCUT2D eigenvalue weighted by molar-refractivity contribution is 6.42. The molecule has 2 aromatic carbocycles. The van der Waals surface area contributed by atoms with Gasteiger partial charge in [-0.3, -0.25) is 0 Å². The van der Waals surface area contributed by atoms with E-state index in [0.717, 1.165) is 11.8 Å². The van der Waals surface area contributed by atoms with Crippen molar-refractivity contribution in [2.75, 3.05) is 39.2 Å². The number of nitrogens with zero attached hydrogens (tertiary/aromatic N) is 3. The van der Waals surface area contributed by atoms with Gasteiger partial charge in [0.2, 0.25) is 0 Å². The van der Waals surface area contributed by atoms with Crippen molar-refractivity contribution >= 4 is 45.6 Å². The van der Waals surface area contributed by atoms with Crippen LogP contribution in [0.2, 0.25) is 10.0 Å². The topological polar surface area (TPSA) is 59.5 Å². The maximum absolute atomic E-state index is 14.5. The van der Waals surface area contributed by atoms with Gasteiger partial charge in [0, 0.05) is 24.5 Å². The quantitative estimate of drug-likeness (QED) is 0.441. The standard InChI is InChI=1S/C24H25Cl2FN4O2/c1-31-9-14-5-13(6-15(14)10-31)11-33-21-8-19-16(7-20(21)32-2)24(29-12-28-19)30-18-4-3-17(25)22(26)23(18)27/h3-4,7-8,12-15H,5-6,9-11H2,1-2H3,(H,28,29,30)/t13?,14-,15?/m1/s1. The molecule has 6 nitrogen and oxygen atoms in total. The predicted octanol–water partition coefficient (Wildman–Crippen LogP) is 5.79. The fraction of sp³-hybridized carbons (Fsp3) is 0.417. The van der Waals surface area contributed by atoms with Crippen molar-refractivity contribution in [2.45, 2.75) is 12.8 Å². The SMILES string of the molecule is COc1cc2c(Nc3ccc(Cl)c(Cl)c3F)ncnc2cc1OCC1CC2CN(C)C[C@H]2C1. The van der Waals surface area contributed by atoms with Gasteiger partial charge in [0.05, 0.1) is 35.0 Å². The van der Waals surface area contributed by atoms with E-state index in [9.17, 15) is 4.39 Å². The number of fused-ring (bicyclic) bond motifs is 2. The van der Waals surface area contributed by atoms with Crippen molar-refractivity contribution in [3.63, 3.8) is 0 Å². The molecule has 174 valence electrons. The normalized spacial score (nSPS) is 22.5. The molecule has 3 aromatic rings. The summed E-state index contributed by atoms with van der Waals surface area (Å²) in [7, 11) is 3.80. The van der Waals surface area contributed by atoms with E-state index in [4.69, 9.17) is 32.7 Å². The number of aromatic nitrogens is 2. The molecule has 2 unspecified atom stereocenters. The van der Waals surface area contributed by atoms with Crippen LogP contribution >= 0.6 is 23.2 Å². The summed E-state index contributed by atoms with van der Waals surface area (Å²) in [5.74, 6) is 3.12. The van der Waals surface area contributed by atoms with E-state index >= 15 is 0 Å². The molecule has 2 aliphatic rings. The van der Waals surface area contributed by atoms with Crippen molar-refractivity contribution in [2.24, 2.45) is 17.8 Å². The molecule has 0 radical (unpaired) electrons. The summed E-state index contributed by atoms with van der Waals surface area (Å²) in [6.07, 6.45) is 3.83. The Labute approximate surface area is 202 Å². The Morgan fingerprint density at radius 2 is 1.88 bits per heavy atom. The summed E-state index contributed by atoms with van der Waals surface area (Å²) in [6, 6.07) is 6.69. The minimum atomic E-state index is -0.643. The maximum Gasteiger partial charge on any atom is 0.166 e. The smallest absolute Gasteiger partial charge is 0.166 e. The van der Waals surface area contributed by atoms with Crippen molar-refractivity contribution in [1.82, 2.24) is 14.9 Å². The first-order chi connectivity index (χ1) is 15.9. The van der Waals surface area contributed by atoms with Crippen molar-refractivity contribution in [3.05, 3.63) is 46.5 Å². The molecule has 0 bridgehead atoms. The highest BCUT2D eigenvalue weighted by Crippen LogP contribution is 2.42. The van der Waals surface area contributed by atoms with Crippen LogP contribution in [0.4, 0.5) is 15.9 Å². The summed E-state index contributed by atoms with van der Waals surface area (Å²) in [5.41, 5.74) is 0.829. The molecule has 9 heteroatoms. The van der Waals surface area contributed by atoms with Crippen LogP contribution in [-0.2, 0) is 0 Å². The van der Waals surface area contributed by atoms with Gasteiger partial charge in [-0.2, -0.15) is 0 Å². The van der Waals surface area contributed by atoms with Crippen LogP contribution in [0.1, 0.15) is 12.8 Å². The third-order valence-electron chi connectivity index (χ3n) is 6.71. The fourth-order valence-electron chi connectivity index (χ4n) is 5.19. The monoisotopic (exact) mass is 490 g/mol. The first-order valence-corrected chi connectivity index (χ1v) is 11.7. The molecule has 0 amide bonds. The molecule has 2 heterocycles. The number of hydrogen-bond acceptors (Lipinski definition) is 6. The van der Waals surface area contributed by atoms with Gasteiger partial charge in [0.1, 0.15) is 12.1 Å². The van der Waals surface area contributed by atoms with Gasteiger partial charge in [0.25, 0.3) is 0 Å². The molecule has 1 aromatic heterocycles. The molecular weight excluding hydrogens is 466 g/mol. The second kappa shape index (κ2) is 9.12. The minimum Gasteiger partial charge on any atom is -0.493 e. The largest absolute Gasteiger partial charge is 0.493 e. The summed E-state index contributed by atoms with van der Waals surface area (Å²) < 4.78 is 26.3. The van der Waals surface area contributed by atoms with E-state index in [1.165, 1.54) is 44.4 Å². The molecule has 5 rings (SSSR count). The summed E-state index contributed by atoms with van der Waals surface area (Å²) in [6.45, 7) is 3.03. The van der Waals surface area contributed by atoms with Crippen LogP contribution in [0.3, 0.4) is 0 Å². The van der Waals surface area contributed by atoms with Crippen LogP contribution < -0.4 is 14.8 Å². The van der Waals surface area contributed by atoms with Crippen molar-refractivity contribution in [1.29, 1.82) is 0 Å². The Balaban J connectivity index is 1.37. The molecular formula is C24H25Cl2FN4O2. The van der Waals surface area contributed by atoms with E-state index in [0.29, 0.717) is 40.7 Å². The minimum absolute atomic E-state index is 0.143. The first kappa shape index (κ1) is 22.4. The molecule has 2 fully saturated rings. The Morgan fingerprint density at radius 1 is 1.12 bits per heavy atom. The van der Waals surface area contributed by atoms with E-state index < -0.39 is 5.82 Å². The van der Waals surface area contributed by atoms with E-state index in [1.807, 2.05) is 6.07 Å². The van der Waals surface area contributed by atoms with Gasteiger partial charge in [-0.15, -0.1) is 0 Å².